The summed E-state index contributed by atoms with van der Waals surface area (Å²) in [6.45, 7) is 0.471. The predicted molar refractivity (Wildman–Crippen MR) is 125 cm³/mol. The van der Waals surface area contributed by atoms with Crippen LogP contribution in [0.4, 0.5) is 0 Å². The maximum Gasteiger partial charge on any atom is 0.248 e. The summed E-state index contributed by atoms with van der Waals surface area (Å²) in [6.07, 6.45) is 3.64. The van der Waals surface area contributed by atoms with Gasteiger partial charge in [0.05, 0.1) is 0 Å². The second-order valence-corrected chi connectivity index (χ2v) is 7.62. The van der Waals surface area contributed by atoms with E-state index in [1.165, 1.54) is 0 Å². The number of aryl methyl sites for hydroxylation is 1. The lowest BCUT2D eigenvalue weighted by molar-refractivity contribution is -0.121. The zero-order valence-electron chi connectivity index (χ0n) is 17.6. The fourth-order valence-corrected chi connectivity index (χ4v) is 3.52. The van der Waals surface area contributed by atoms with Crippen LogP contribution in [0, 0.1) is 0 Å². The van der Waals surface area contributed by atoms with E-state index in [9.17, 15) is 9.59 Å². The van der Waals surface area contributed by atoms with Crippen molar-refractivity contribution in [1.82, 2.24) is 15.3 Å². The van der Waals surface area contributed by atoms with Crippen molar-refractivity contribution in [2.24, 2.45) is 5.73 Å². The van der Waals surface area contributed by atoms with Gasteiger partial charge in [-0.1, -0.05) is 36.4 Å². The van der Waals surface area contributed by atoms with Crippen LogP contribution < -0.4 is 11.1 Å². The molecule has 2 heterocycles. The summed E-state index contributed by atoms with van der Waals surface area (Å²) in [5, 5.41) is 3.98. The highest BCUT2D eigenvalue weighted by atomic mass is 16.1. The smallest absolute Gasteiger partial charge is 0.248 e. The molecule has 0 atom stereocenters. The molecule has 0 aliphatic rings. The molecule has 6 nitrogen and oxygen atoms in total. The summed E-state index contributed by atoms with van der Waals surface area (Å²) in [5.41, 5.74) is 10.4. The number of fused-ring (bicyclic) bond motifs is 1. The van der Waals surface area contributed by atoms with Crippen LogP contribution in [0.2, 0.25) is 0 Å². The lowest BCUT2D eigenvalue weighted by Crippen LogP contribution is -2.22. The number of pyridine rings is 2. The molecule has 0 fully saturated rings. The van der Waals surface area contributed by atoms with Gasteiger partial charge in [-0.25, -0.2) is 9.97 Å². The number of nitrogens with two attached hydrogens (primary N) is 1. The normalized spacial score (nSPS) is 10.8. The van der Waals surface area contributed by atoms with Crippen molar-refractivity contribution in [3.8, 4) is 11.1 Å². The molecule has 2 amide bonds. The molecule has 0 radical (unpaired) electrons. The van der Waals surface area contributed by atoms with Gasteiger partial charge in [0.25, 0.3) is 0 Å². The molecule has 4 aromatic rings. The average Bonchev–Trinajstić information content (AvgIpc) is 2.83. The Labute approximate surface area is 186 Å². The third-order valence-corrected chi connectivity index (χ3v) is 5.28. The SMILES string of the molecule is NC(=O)c1cccc(-c2ccc(CNC(=O)CCCc3ccc4cccnc4n3)cc2)c1. The lowest BCUT2D eigenvalue weighted by atomic mass is 10.0. The first-order valence-corrected chi connectivity index (χ1v) is 10.5. The molecule has 0 bridgehead atoms. The molecule has 2 aromatic carbocycles. The monoisotopic (exact) mass is 424 g/mol. The van der Waals surface area contributed by atoms with E-state index in [0.717, 1.165) is 46.3 Å². The van der Waals surface area contributed by atoms with Gasteiger partial charge in [-0.05, 0) is 65.9 Å². The molecule has 0 aliphatic heterocycles. The molecular weight excluding hydrogens is 400 g/mol. The minimum absolute atomic E-state index is 0.0159. The number of carbonyl (C=O) groups is 2. The van der Waals surface area contributed by atoms with Crippen molar-refractivity contribution in [2.45, 2.75) is 25.8 Å². The molecule has 0 aliphatic carbocycles. The molecular formula is C26H24N4O2. The van der Waals surface area contributed by atoms with Crippen molar-refractivity contribution < 1.29 is 9.59 Å². The Morgan fingerprint density at radius 1 is 0.906 bits per heavy atom. The van der Waals surface area contributed by atoms with E-state index in [4.69, 9.17) is 5.73 Å². The molecule has 0 saturated heterocycles. The summed E-state index contributed by atoms with van der Waals surface area (Å²) in [6, 6.07) is 23.0. The Morgan fingerprint density at radius 2 is 1.75 bits per heavy atom. The van der Waals surface area contributed by atoms with Crippen molar-refractivity contribution in [1.29, 1.82) is 0 Å². The Balaban J connectivity index is 1.25. The topological polar surface area (TPSA) is 98.0 Å². The first-order valence-electron chi connectivity index (χ1n) is 10.5. The summed E-state index contributed by atoms with van der Waals surface area (Å²) >= 11 is 0. The molecule has 0 spiro atoms. The van der Waals surface area contributed by atoms with Crippen LogP contribution in [-0.4, -0.2) is 21.8 Å². The van der Waals surface area contributed by atoms with Gasteiger partial charge in [-0.2, -0.15) is 0 Å². The van der Waals surface area contributed by atoms with Crippen LogP contribution in [0.3, 0.4) is 0 Å². The second kappa shape index (κ2) is 9.83. The third-order valence-electron chi connectivity index (χ3n) is 5.28. The number of carbonyl (C=O) groups excluding carboxylic acids is 2. The number of amides is 2. The number of nitrogens with one attached hydrogen (secondary N) is 1. The number of hydrogen-bond donors (Lipinski definition) is 2. The van der Waals surface area contributed by atoms with Gasteiger partial charge in [0.15, 0.2) is 5.65 Å². The molecule has 2 aromatic heterocycles. The van der Waals surface area contributed by atoms with E-state index >= 15 is 0 Å². The van der Waals surface area contributed by atoms with Gasteiger partial charge in [0, 0.05) is 35.8 Å². The number of aromatic nitrogens is 2. The molecule has 4 rings (SSSR count). The number of benzene rings is 2. The fourth-order valence-electron chi connectivity index (χ4n) is 3.52. The quantitative estimate of drug-likeness (QED) is 0.446. The molecule has 32 heavy (non-hydrogen) atoms. The summed E-state index contributed by atoms with van der Waals surface area (Å²) in [7, 11) is 0. The molecule has 0 unspecified atom stereocenters. The number of rotatable bonds is 8. The van der Waals surface area contributed by atoms with Crippen LogP contribution in [0.1, 0.15) is 34.5 Å². The standard InChI is InChI=1S/C26H24N4O2/c27-25(32)22-5-1-4-21(16-22)19-11-9-18(10-12-19)17-29-24(31)8-2-7-23-14-13-20-6-3-15-28-26(20)30-23/h1,3-6,9-16H,2,7-8,17H2,(H2,27,32)(H,29,31). The van der Waals surface area contributed by atoms with Gasteiger partial charge in [-0.3, -0.25) is 9.59 Å². The van der Waals surface area contributed by atoms with Crippen LogP contribution >= 0.6 is 0 Å². The van der Waals surface area contributed by atoms with E-state index in [1.807, 2.05) is 60.7 Å². The molecule has 160 valence electrons. The first kappa shape index (κ1) is 21.2. The maximum atomic E-state index is 12.2. The number of hydrogen-bond acceptors (Lipinski definition) is 4. The average molecular weight is 425 g/mol. The second-order valence-electron chi connectivity index (χ2n) is 7.62. The maximum absolute atomic E-state index is 12.2. The van der Waals surface area contributed by atoms with Gasteiger partial charge < -0.3 is 11.1 Å². The van der Waals surface area contributed by atoms with Crippen LogP contribution in [-0.2, 0) is 17.8 Å². The minimum Gasteiger partial charge on any atom is -0.366 e. The van der Waals surface area contributed by atoms with E-state index in [0.29, 0.717) is 18.5 Å². The first-order chi connectivity index (χ1) is 15.6. The highest BCUT2D eigenvalue weighted by Gasteiger charge is 2.06. The van der Waals surface area contributed by atoms with Crippen LogP contribution in [0.25, 0.3) is 22.2 Å². The van der Waals surface area contributed by atoms with E-state index < -0.39 is 5.91 Å². The van der Waals surface area contributed by atoms with Crippen LogP contribution in [0.5, 0.6) is 0 Å². The Kier molecular flexibility index (Phi) is 6.51. The lowest BCUT2D eigenvalue weighted by Gasteiger charge is -2.08. The van der Waals surface area contributed by atoms with Crippen molar-refractivity contribution >= 4 is 22.8 Å². The summed E-state index contributed by atoms with van der Waals surface area (Å²) < 4.78 is 0. The Morgan fingerprint density at radius 3 is 2.56 bits per heavy atom. The predicted octanol–water partition coefficient (Wildman–Crippen LogP) is 4.03. The highest BCUT2D eigenvalue weighted by Crippen LogP contribution is 2.21. The molecule has 3 N–H and O–H groups in total. The largest absolute Gasteiger partial charge is 0.366 e. The third kappa shape index (κ3) is 5.35. The molecule has 6 heteroatoms. The van der Waals surface area contributed by atoms with Crippen LogP contribution in [0.15, 0.2) is 79.0 Å². The van der Waals surface area contributed by atoms with Crippen molar-refractivity contribution in [2.75, 3.05) is 0 Å². The van der Waals surface area contributed by atoms with Crippen molar-refractivity contribution in [3.05, 3.63) is 95.8 Å². The van der Waals surface area contributed by atoms with Gasteiger partial charge in [0.2, 0.25) is 11.8 Å². The van der Waals surface area contributed by atoms with E-state index in [2.05, 4.69) is 15.3 Å². The molecule has 0 saturated carbocycles. The number of nitrogens with zero attached hydrogens (tertiary/aromatic N) is 2. The van der Waals surface area contributed by atoms with Crippen molar-refractivity contribution in [3.63, 3.8) is 0 Å². The highest BCUT2D eigenvalue weighted by molar-refractivity contribution is 5.94. The minimum atomic E-state index is -0.445. The van der Waals surface area contributed by atoms with E-state index in [-0.39, 0.29) is 5.91 Å². The van der Waals surface area contributed by atoms with Gasteiger partial charge >= 0.3 is 0 Å². The Hall–Kier alpha value is -4.06. The zero-order chi connectivity index (χ0) is 22.3. The van der Waals surface area contributed by atoms with Gasteiger partial charge in [0.1, 0.15) is 0 Å². The summed E-state index contributed by atoms with van der Waals surface area (Å²) in [5.74, 6) is -0.429. The summed E-state index contributed by atoms with van der Waals surface area (Å²) in [4.78, 5) is 32.4. The van der Waals surface area contributed by atoms with Gasteiger partial charge in [-0.15, -0.1) is 0 Å². The number of primary amides is 1. The zero-order valence-corrected chi connectivity index (χ0v) is 17.6. The Bertz CT molecular complexity index is 1250. The van der Waals surface area contributed by atoms with E-state index in [1.54, 1.807) is 18.3 Å². The fraction of sp³-hybridized carbons (Fsp3) is 0.154.